The summed E-state index contributed by atoms with van der Waals surface area (Å²) in [6, 6.07) is 0. The number of thioether (sulfide) groups is 1. The fourth-order valence-electron chi connectivity index (χ4n) is 1.59. The molecule has 21 heavy (non-hydrogen) atoms. The Labute approximate surface area is 134 Å². The summed E-state index contributed by atoms with van der Waals surface area (Å²) in [5, 5.41) is 18.7. The monoisotopic (exact) mass is 344 g/mol. The zero-order valence-corrected chi connectivity index (χ0v) is 13.4. The van der Waals surface area contributed by atoms with Crippen LogP contribution in [0, 0.1) is 0 Å². The summed E-state index contributed by atoms with van der Waals surface area (Å²) in [5.74, 6) is -1.27. The summed E-state index contributed by atoms with van der Waals surface area (Å²) in [6.07, 6.45) is 2.44. The highest BCUT2D eigenvalue weighted by Gasteiger charge is 2.32. The van der Waals surface area contributed by atoms with Crippen molar-refractivity contribution < 1.29 is 19.8 Å². The molecule has 2 heterocycles. The molecule has 1 aliphatic heterocycles. The van der Waals surface area contributed by atoms with E-state index in [4.69, 9.17) is 17.3 Å². The first-order chi connectivity index (χ1) is 9.88. The number of aliphatic hydroxyl groups is 1. The average Bonchev–Trinajstić information content (AvgIpc) is 2.95. The van der Waals surface area contributed by atoms with E-state index < -0.39 is 12.1 Å². The van der Waals surface area contributed by atoms with Gasteiger partial charge in [0.25, 0.3) is 5.91 Å². The quantitative estimate of drug-likeness (QED) is 0.622. The van der Waals surface area contributed by atoms with E-state index in [0.29, 0.717) is 14.2 Å². The van der Waals surface area contributed by atoms with Crippen molar-refractivity contribution in [3.63, 3.8) is 0 Å². The second kappa shape index (κ2) is 6.65. The van der Waals surface area contributed by atoms with E-state index in [-0.39, 0.29) is 18.9 Å². The van der Waals surface area contributed by atoms with Crippen LogP contribution in [0.1, 0.15) is 29.3 Å². The van der Waals surface area contributed by atoms with E-state index in [2.05, 4.69) is 4.98 Å². The van der Waals surface area contributed by atoms with E-state index in [1.807, 2.05) is 0 Å². The van der Waals surface area contributed by atoms with Gasteiger partial charge in [0.05, 0.1) is 11.3 Å². The van der Waals surface area contributed by atoms with Gasteiger partial charge in [0.2, 0.25) is 0 Å². The summed E-state index contributed by atoms with van der Waals surface area (Å²) in [6.45, 7) is 1.69. The number of hydrogen-bond acceptors (Lipinski definition) is 7. The number of aromatic nitrogens is 1. The van der Waals surface area contributed by atoms with Crippen molar-refractivity contribution in [3.05, 3.63) is 21.0 Å². The third kappa shape index (κ3) is 3.88. The molecule has 1 aromatic rings. The second-order valence-electron chi connectivity index (χ2n) is 4.25. The molecule has 0 spiro atoms. The molecular weight excluding hydrogens is 332 g/mol. The van der Waals surface area contributed by atoms with Gasteiger partial charge in [0.1, 0.15) is 15.4 Å². The molecule has 9 heteroatoms. The van der Waals surface area contributed by atoms with Gasteiger partial charge < -0.3 is 10.2 Å². The van der Waals surface area contributed by atoms with Crippen LogP contribution in [0.5, 0.6) is 0 Å². The van der Waals surface area contributed by atoms with E-state index in [1.165, 1.54) is 16.2 Å². The lowest BCUT2D eigenvalue weighted by Crippen LogP contribution is -2.30. The molecule has 1 amide bonds. The maximum atomic E-state index is 12.2. The van der Waals surface area contributed by atoms with Crippen molar-refractivity contribution in [2.75, 3.05) is 6.54 Å². The zero-order valence-electron chi connectivity index (χ0n) is 11.0. The number of amides is 1. The lowest BCUT2D eigenvalue weighted by Gasteiger charge is -2.12. The van der Waals surface area contributed by atoms with Crippen molar-refractivity contribution in [1.29, 1.82) is 0 Å². The SMILES string of the molecule is CC(O)c1ncc(/C=C2\SC(=S)N(CCC(=O)O)C2=O)s1. The smallest absolute Gasteiger partial charge is 0.305 e. The van der Waals surface area contributed by atoms with Gasteiger partial charge in [-0.15, -0.1) is 11.3 Å². The van der Waals surface area contributed by atoms with Crippen LogP contribution < -0.4 is 0 Å². The van der Waals surface area contributed by atoms with Gasteiger partial charge in [-0.05, 0) is 13.0 Å². The number of carboxylic acids is 1. The Morgan fingerprint density at radius 1 is 1.62 bits per heavy atom. The minimum absolute atomic E-state index is 0.0684. The summed E-state index contributed by atoms with van der Waals surface area (Å²) >= 11 is 7.52. The number of thiocarbonyl (C=S) groups is 1. The third-order valence-corrected chi connectivity index (χ3v) is 5.09. The standard InChI is InChI=1S/C12H12N2O4S3/c1-6(15)10-13-5-7(20-10)4-8-11(18)14(12(19)21-8)3-2-9(16)17/h4-6,15H,2-3H2,1H3,(H,16,17)/b8-4-. The molecule has 1 aromatic heterocycles. The predicted octanol–water partition coefficient (Wildman–Crippen LogP) is 1.87. The molecule has 2 rings (SSSR count). The number of hydrogen-bond donors (Lipinski definition) is 2. The number of nitrogens with zero attached hydrogens (tertiary/aromatic N) is 2. The van der Waals surface area contributed by atoms with Crippen LogP contribution >= 0.6 is 35.3 Å². The van der Waals surface area contributed by atoms with E-state index in [9.17, 15) is 14.7 Å². The molecule has 1 unspecified atom stereocenters. The lowest BCUT2D eigenvalue weighted by molar-refractivity contribution is -0.137. The van der Waals surface area contributed by atoms with Gasteiger partial charge in [0.15, 0.2) is 0 Å². The fraction of sp³-hybridized carbons (Fsp3) is 0.333. The highest BCUT2D eigenvalue weighted by atomic mass is 32.2. The van der Waals surface area contributed by atoms with Gasteiger partial charge in [0, 0.05) is 17.6 Å². The Hall–Kier alpha value is -1.29. The van der Waals surface area contributed by atoms with Crippen LogP contribution in [0.15, 0.2) is 11.1 Å². The number of aliphatic carboxylic acids is 1. The Bertz CT molecular complexity index is 624. The predicted molar refractivity (Wildman–Crippen MR) is 84.9 cm³/mol. The molecule has 0 aliphatic carbocycles. The van der Waals surface area contributed by atoms with Crippen LogP contribution in [-0.4, -0.2) is 42.8 Å². The Balaban J connectivity index is 2.13. The van der Waals surface area contributed by atoms with Gasteiger partial charge >= 0.3 is 5.97 Å². The van der Waals surface area contributed by atoms with Crippen molar-refractivity contribution in [2.24, 2.45) is 0 Å². The summed E-state index contributed by atoms with van der Waals surface area (Å²) in [7, 11) is 0. The number of thiazole rings is 1. The normalized spacial score (nSPS) is 18.6. The highest BCUT2D eigenvalue weighted by molar-refractivity contribution is 8.26. The summed E-state index contributed by atoms with van der Waals surface area (Å²) < 4.78 is 0.354. The maximum Gasteiger partial charge on any atom is 0.305 e. The number of aliphatic hydroxyl groups excluding tert-OH is 1. The number of carbonyl (C=O) groups excluding carboxylic acids is 1. The van der Waals surface area contributed by atoms with Crippen molar-refractivity contribution in [1.82, 2.24) is 9.88 Å². The lowest BCUT2D eigenvalue weighted by atomic mass is 10.3. The van der Waals surface area contributed by atoms with Crippen LogP contribution in [0.25, 0.3) is 6.08 Å². The van der Waals surface area contributed by atoms with Gasteiger partial charge in [-0.2, -0.15) is 0 Å². The molecule has 1 atom stereocenters. The first kappa shape index (κ1) is 16.1. The van der Waals surface area contributed by atoms with Crippen LogP contribution in [0.4, 0.5) is 0 Å². The molecule has 0 bridgehead atoms. The molecule has 1 aliphatic rings. The van der Waals surface area contributed by atoms with Crippen LogP contribution in [0.2, 0.25) is 0 Å². The Morgan fingerprint density at radius 2 is 2.33 bits per heavy atom. The van der Waals surface area contributed by atoms with Crippen LogP contribution in [0.3, 0.4) is 0 Å². The van der Waals surface area contributed by atoms with Crippen molar-refractivity contribution in [3.8, 4) is 0 Å². The first-order valence-electron chi connectivity index (χ1n) is 5.99. The van der Waals surface area contributed by atoms with E-state index in [0.717, 1.165) is 16.6 Å². The Kier molecular flexibility index (Phi) is 5.09. The number of carboxylic acid groups (broad SMARTS) is 1. The van der Waals surface area contributed by atoms with Crippen molar-refractivity contribution >= 4 is 57.6 Å². The minimum Gasteiger partial charge on any atom is -0.481 e. The largest absolute Gasteiger partial charge is 0.481 e. The summed E-state index contributed by atoms with van der Waals surface area (Å²) in [4.78, 5) is 29.3. The molecular formula is C12H12N2O4S3. The van der Waals surface area contributed by atoms with Gasteiger partial charge in [-0.25, -0.2) is 4.98 Å². The average molecular weight is 344 g/mol. The van der Waals surface area contributed by atoms with Gasteiger partial charge in [-0.1, -0.05) is 24.0 Å². The van der Waals surface area contributed by atoms with Gasteiger partial charge in [-0.3, -0.25) is 14.5 Å². The first-order valence-corrected chi connectivity index (χ1v) is 8.03. The topological polar surface area (TPSA) is 90.7 Å². The molecule has 112 valence electrons. The van der Waals surface area contributed by atoms with E-state index in [1.54, 1.807) is 19.2 Å². The molecule has 2 N–H and O–H groups in total. The fourth-order valence-corrected chi connectivity index (χ4v) is 3.76. The number of rotatable bonds is 5. The molecule has 1 saturated heterocycles. The summed E-state index contributed by atoms with van der Waals surface area (Å²) in [5.41, 5.74) is 0. The molecule has 0 radical (unpaired) electrons. The molecule has 1 fully saturated rings. The van der Waals surface area contributed by atoms with E-state index >= 15 is 0 Å². The van der Waals surface area contributed by atoms with Crippen molar-refractivity contribution in [2.45, 2.75) is 19.4 Å². The van der Waals surface area contributed by atoms with Crippen LogP contribution in [-0.2, 0) is 9.59 Å². The third-order valence-electron chi connectivity index (χ3n) is 2.60. The highest BCUT2D eigenvalue weighted by Crippen LogP contribution is 2.33. The molecule has 6 nitrogen and oxygen atoms in total. The molecule has 0 saturated carbocycles. The molecule has 0 aromatic carbocycles. The second-order valence-corrected chi connectivity index (χ2v) is 7.02. The zero-order chi connectivity index (χ0) is 15.6. The maximum absolute atomic E-state index is 12.2. The Morgan fingerprint density at radius 3 is 2.90 bits per heavy atom. The number of carbonyl (C=O) groups is 2. The minimum atomic E-state index is -0.975.